The second-order valence-corrected chi connectivity index (χ2v) is 7.14. The number of carbonyl (C=O) groups is 3. The van der Waals surface area contributed by atoms with Crippen molar-refractivity contribution in [3.05, 3.63) is 63.7 Å². The molecule has 2 aromatic carbocycles. The van der Waals surface area contributed by atoms with E-state index in [-0.39, 0.29) is 11.6 Å². The summed E-state index contributed by atoms with van der Waals surface area (Å²) in [5, 5.41) is 25.5. The summed E-state index contributed by atoms with van der Waals surface area (Å²) >= 11 is 0. The SMILES string of the molecule is COc1cccc(C(=O)N2CCN(Cc3ccc([N+](=O)[O-])cc3)CC2)c1OC.O=C(O)C(=O)O. The molecule has 0 aliphatic carbocycles. The predicted octanol–water partition coefficient (Wildman–Crippen LogP) is 1.73. The first-order chi connectivity index (χ1) is 16.2. The number of carbonyl (C=O) groups excluding carboxylic acids is 1. The molecular formula is C22H25N3O9. The summed E-state index contributed by atoms with van der Waals surface area (Å²) in [7, 11) is 3.07. The topological polar surface area (TPSA) is 160 Å². The average molecular weight is 475 g/mol. The van der Waals surface area contributed by atoms with E-state index in [1.54, 1.807) is 37.4 Å². The fourth-order valence-electron chi connectivity index (χ4n) is 3.32. The third-order valence-electron chi connectivity index (χ3n) is 5.03. The summed E-state index contributed by atoms with van der Waals surface area (Å²) in [6.45, 7) is 3.37. The van der Waals surface area contributed by atoms with Gasteiger partial charge in [-0.05, 0) is 17.7 Å². The minimum Gasteiger partial charge on any atom is -0.493 e. The van der Waals surface area contributed by atoms with Gasteiger partial charge in [-0.1, -0.05) is 18.2 Å². The van der Waals surface area contributed by atoms with Crippen molar-refractivity contribution >= 4 is 23.5 Å². The monoisotopic (exact) mass is 475 g/mol. The highest BCUT2D eigenvalue weighted by atomic mass is 16.6. The normalized spacial score (nSPS) is 13.3. The number of nitro groups is 1. The van der Waals surface area contributed by atoms with E-state index in [4.69, 9.17) is 29.3 Å². The minimum atomic E-state index is -1.82. The number of carboxylic acid groups (broad SMARTS) is 2. The van der Waals surface area contributed by atoms with Crippen LogP contribution in [0.25, 0.3) is 0 Å². The summed E-state index contributed by atoms with van der Waals surface area (Å²) in [5.41, 5.74) is 1.59. The molecule has 1 fully saturated rings. The van der Waals surface area contributed by atoms with Gasteiger partial charge in [0.1, 0.15) is 0 Å². The zero-order valence-corrected chi connectivity index (χ0v) is 18.7. The summed E-state index contributed by atoms with van der Waals surface area (Å²) in [6.07, 6.45) is 0. The predicted molar refractivity (Wildman–Crippen MR) is 119 cm³/mol. The third-order valence-corrected chi connectivity index (χ3v) is 5.03. The van der Waals surface area contributed by atoms with Gasteiger partial charge in [-0.2, -0.15) is 0 Å². The minimum absolute atomic E-state index is 0.0780. The molecule has 12 nitrogen and oxygen atoms in total. The molecule has 0 saturated carbocycles. The Morgan fingerprint density at radius 3 is 2.00 bits per heavy atom. The maximum Gasteiger partial charge on any atom is 0.414 e. The Balaban J connectivity index is 0.000000604. The number of carboxylic acids is 2. The van der Waals surface area contributed by atoms with E-state index in [1.165, 1.54) is 19.2 Å². The molecule has 0 spiro atoms. The number of aliphatic carboxylic acids is 2. The van der Waals surface area contributed by atoms with Crippen molar-refractivity contribution in [1.29, 1.82) is 0 Å². The molecule has 0 aromatic heterocycles. The van der Waals surface area contributed by atoms with E-state index in [0.717, 1.165) is 18.7 Å². The Labute approximate surface area is 195 Å². The fourth-order valence-corrected chi connectivity index (χ4v) is 3.32. The number of non-ortho nitro benzene ring substituents is 1. The Morgan fingerprint density at radius 1 is 0.941 bits per heavy atom. The first-order valence-electron chi connectivity index (χ1n) is 10.1. The van der Waals surface area contributed by atoms with Crippen LogP contribution in [0.15, 0.2) is 42.5 Å². The largest absolute Gasteiger partial charge is 0.493 e. The van der Waals surface area contributed by atoms with Crippen LogP contribution in [0.4, 0.5) is 5.69 Å². The lowest BCUT2D eigenvalue weighted by atomic mass is 10.1. The number of piperazine rings is 1. The fraction of sp³-hybridized carbons (Fsp3) is 0.318. The highest BCUT2D eigenvalue weighted by molar-refractivity contribution is 6.27. The zero-order chi connectivity index (χ0) is 25.3. The highest BCUT2D eigenvalue weighted by Gasteiger charge is 2.25. The van der Waals surface area contributed by atoms with Crippen LogP contribution in [-0.2, 0) is 16.1 Å². The summed E-state index contributed by atoms with van der Waals surface area (Å²) < 4.78 is 10.6. The number of nitrogens with zero attached hydrogens (tertiary/aromatic N) is 3. The molecule has 1 saturated heterocycles. The van der Waals surface area contributed by atoms with Crippen LogP contribution in [0.1, 0.15) is 15.9 Å². The molecule has 1 amide bonds. The van der Waals surface area contributed by atoms with E-state index < -0.39 is 16.9 Å². The smallest absolute Gasteiger partial charge is 0.414 e. The molecule has 2 aromatic rings. The van der Waals surface area contributed by atoms with Crippen molar-refractivity contribution in [2.75, 3.05) is 40.4 Å². The standard InChI is InChI=1S/C20H23N3O5.C2H2O4/c1-27-18-5-3-4-17(19(18)28-2)20(24)22-12-10-21(11-13-22)14-15-6-8-16(9-7-15)23(25)26;3-1(4)2(5)6/h3-9H,10-14H2,1-2H3;(H,3,4)(H,5,6). The van der Waals surface area contributed by atoms with Crippen molar-refractivity contribution in [2.24, 2.45) is 0 Å². The number of rotatable bonds is 6. The van der Waals surface area contributed by atoms with Gasteiger partial charge in [0.2, 0.25) is 0 Å². The second kappa shape index (κ2) is 12.2. The molecule has 34 heavy (non-hydrogen) atoms. The number of hydrogen-bond acceptors (Lipinski definition) is 8. The molecule has 1 aliphatic rings. The molecule has 2 N–H and O–H groups in total. The van der Waals surface area contributed by atoms with Crippen LogP contribution in [-0.4, -0.2) is 83.2 Å². The first-order valence-corrected chi connectivity index (χ1v) is 10.1. The van der Waals surface area contributed by atoms with Gasteiger partial charge in [-0.3, -0.25) is 19.8 Å². The van der Waals surface area contributed by atoms with E-state index in [0.29, 0.717) is 36.7 Å². The quantitative estimate of drug-likeness (QED) is 0.358. The number of hydrogen-bond donors (Lipinski definition) is 2. The number of nitro benzene ring substituents is 1. The molecule has 0 radical (unpaired) electrons. The van der Waals surface area contributed by atoms with E-state index >= 15 is 0 Å². The van der Waals surface area contributed by atoms with Crippen LogP contribution in [0.3, 0.4) is 0 Å². The molecule has 3 rings (SSSR count). The van der Waals surface area contributed by atoms with Gasteiger partial charge >= 0.3 is 11.9 Å². The molecular weight excluding hydrogens is 450 g/mol. The van der Waals surface area contributed by atoms with E-state index in [2.05, 4.69) is 4.90 Å². The lowest BCUT2D eigenvalue weighted by molar-refractivity contribution is -0.384. The van der Waals surface area contributed by atoms with E-state index in [9.17, 15) is 14.9 Å². The van der Waals surface area contributed by atoms with Crippen molar-refractivity contribution < 1.29 is 39.0 Å². The number of benzene rings is 2. The van der Waals surface area contributed by atoms with Crippen molar-refractivity contribution in [3.8, 4) is 11.5 Å². The van der Waals surface area contributed by atoms with Crippen molar-refractivity contribution in [3.63, 3.8) is 0 Å². The van der Waals surface area contributed by atoms with Gasteiger partial charge < -0.3 is 24.6 Å². The molecule has 0 bridgehead atoms. The Hall–Kier alpha value is -4.19. The Bertz CT molecular complexity index is 1020. The van der Waals surface area contributed by atoms with Crippen molar-refractivity contribution in [2.45, 2.75) is 6.54 Å². The van der Waals surface area contributed by atoms with Gasteiger partial charge in [-0.15, -0.1) is 0 Å². The average Bonchev–Trinajstić information content (AvgIpc) is 2.84. The van der Waals surface area contributed by atoms with Gasteiger partial charge in [-0.25, -0.2) is 9.59 Å². The summed E-state index contributed by atoms with van der Waals surface area (Å²) in [6, 6.07) is 11.9. The van der Waals surface area contributed by atoms with Crippen LogP contribution < -0.4 is 9.47 Å². The van der Waals surface area contributed by atoms with Gasteiger partial charge in [0.15, 0.2) is 11.5 Å². The Morgan fingerprint density at radius 2 is 1.53 bits per heavy atom. The molecule has 182 valence electrons. The molecule has 0 atom stereocenters. The number of ether oxygens (including phenoxy) is 2. The van der Waals surface area contributed by atoms with Crippen molar-refractivity contribution in [1.82, 2.24) is 9.80 Å². The number of para-hydroxylation sites is 1. The van der Waals surface area contributed by atoms with Crippen LogP contribution in [0, 0.1) is 10.1 Å². The van der Waals surface area contributed by atoms with Gasteiger partial charge in [0, 0.05) is 44.9 Å². The van der Waals surface area contributed by atoms with E-state index in [1.807, 2.05) is 4.90 Å². The van der Waals surface area contributed by atoms with Gasteiger partial charge in [0.25, 0.3) is 11.6 Å². The van der Waals surface area contributed by atoms with Crippen LogP contribution in [0.2, 0.25) is 0 Å². The first kappa shape index (κ1) is 26.1. The van der Waals surface area contributed by atoms with Crippen LogP contribution >= 0.6 is 0 Å². The van der Waals surface area contributed by atoms with Crippen LogP contribution in [0.5, 0.6) is 11.5 Å². The molecule has 1 aliphatic heterocycles. The Kier molecular flexibility index (Phi) is 9.32. The maximum atomic E-state index is 12.9. The molecule has 0 unspecified atom stereocenters. The maximum absolute atomic E-state index is 12.9. The number of amides is 1. The third kappa shape index (κ3) is 6.90. The molecule has 12 heteroatoms. The lowest BCUT2D eigenvalue weighted by Gasteiger charge is -2.35. The summed E-state index contributed by atoms with van der Waals surface area (Å²) in [4.78, 5) is 45.5. The number of methoxy groups -OCH3 is 2. The molecule has 1 heterocycles. The van der Waals surface area contributed by atoms with Gasteiger partial charge in [0.05, 0.1) is 24.7 Å². The highest BCUT2D eigenvalue weighted by Crippen LogP contribution is 2.31. The second-order valence-electron chi connectivity index (χ2n) is 7.14. The summed E-state index contributed by atoms with van der Waals surface area (Å²) in [5.74, 6) is -2.75. The zero-order valence-electron chi connectivity index (χ0n) is 18.7. The lowest BCUT2D eigenvalue weighted by Crippen LogP contribution is -2.48.